The Morgan fingerprint density at radius 3 is 2.22 bits per heavy atom. The molecule has 0 amide bonds. The molecule has 0 radical (unpaired) electrons. The number of ether oxygens (including phenoxy) is 9. The molecule has 5 aliphatic heterocycles. The van der Waals surface area contributed by atoms with E-state index in [-0.39, 0.29) is 49.8 Å². The predicted octanol–water partition coefficient (Wildman–Crippen LogP) is 6.56. The van der Waals surface area contributed by atoms with Gasteiger partial charge in [-0.05, 0) is 46.5 Å². The van der Waals surface area contributed by atoms with Crippen LogP contribution >= 0.6 is 0 Å². The number of hydrogen-bond donors (Lipinski definition) is 0. The largest absolute Gasteiger partial charge is 0.463 e. The smallest absolute Gasteiger partial charge is 0.338 e. The number of carbonyl (C=O) groups excluding carboxylic acids is 4. The van der Waals surface area contributed by atoms with Crippen LogP contribution < -0.4 is 0 Å². The molecule has 4 saturated heterocycles. The van der Waals surface area contributed by atoms with E-state index in [1.165, 1.54) is 6.08 Å². The van der Waals surface area contributed by atoms with Gasteiger partial charge in [0.1, 0.15) is 42.2 Å². The normalized spacial score (nSPS) is 41.8. The highest BCUT2D eigenvalue weighted by Crippen LogP contribution is 2.75. The zero-order valence-electron chi connectivity index (χ0n) is 35.5. The van der Waals surface area contributed by atoms with Gasteiger partial charge in [0.25, 0.3) is 0 Å². The minimum absolute atomic E-state index is 0.0222. The molecule has 2 spiro atoms. The number of fused-ring (bicyclic) bond motifs is 3. The fraction of sp³-hybridized carbons (Fsp3) is 0.822. The maximum Gasteiger partial charge on any atom is 0.338 e. The lowest BCUT2D eigenvalue weighted by Crippen LogP contribution is -2.69. The quantitative estimate of drug-likeness (QED) is 0.0758. The van der Waals surface area contributed by atoms with Gasteiger partial charge in [0, 0.05) is 30.8 Å². The highest BCUT2D eigenvalue weighted by molar-refractivity contribution is 5.82. The molecule has 13 atom stereocenters. The molecule has 2 saturated carbocycles. The number of carbonyl (C=O) groups is 4. The van der Waals surface area contributed by atoms with Crippen LogP contribution in [-0.2, 0) is 61.8 Å². The highest BCUT2D eigenvalue weighted by Gasteiger charge is 2.86. The van der Waals surface area contributed by atoms with Crippen LogP contribution in [0.3, 0.4) is 0 Å². The van der Waals surface area contributed by atoms with Crippen molar-refractivity contribution in [2.45, 2.75) is 203 Å². The van der Waals surface area contributed by atoms with Crippen LogP contribution in [0.5, 0.6) is 0 Å². The Kier molecular flexibility index (Phi) is 12.9. The first-order valence-corrected chi connectivity index (χ1v) is 22.1. The summed E-state index contributed by atoms with van der Waals surface area (Å²) in [5.74, 6) is -1.87. The number of esters is 4. The van der Waals surface area contributed by atoms with Gasteiger partial charge >= 0.3 is 23.9 Å². The maximum absolute atomic E-state index is 14.1. The molecule has 7 aliphatic rings. The van der Waals surface area contributed by atoms with Crippen LogP contribution in [0.4, 0.5) is 0 Å². The Morgan fingerprint density at radius 1 is 0.845 bits per heavy atom. The van der Waals surface area contributed by atoms with E-state index in [9.17, 15) is 19.2 Å². The van der Waals surface area contributed by atoms with Crippen molar-refractivity contribution in [3.63, 3.8) is 0 Å². The molecule has 2 bridgehead atoms. The van der Waals surface area contributed by atoms with E-state index in [1.54, 1.807) is 32.1 Å². The summed E-state index contributed by atoms with van der Waals surface area (Å²) in [5.41, 5.74) is -3.81. The fourth-order valence-corrected chi connectivity index (χ4v) is 10.5. The molecule has 0 N–H and O–H groups in total. The van der Waals surface area contributed by atoms with Crippen LogP contribution in [0.15, 0.2) is 24.3 Å². The van der Waals surface area contributed by atoms with Crippen molar-refractivity contribution < 1.29 is 61.8 Å². The van der Waals surface area contributed by atoms with Gasteiger partial charge in [-0.1, -0.05) is 90.4 Å². The molecule has 0 aromatic rings. The summed E-state index contributed by atoms with van der Waals surface area (Å²) < 4.78 is 56.3. The second-order valence-corrected chi connectivity index (χ2v) is 18.4. The van der Waals surface area contributed by atoms with Crippen molar-refractivity contribution in [1.82, 2.24) is 0 Å². The molecule has 6 fully saturated rings. The summed E-state index contributed by atoms with van der Waals surface area (Å²) in [4.78, 5) is 53.9. The molecule has 0 aromatic carbocycles. The number of allylic oxidation sites excluding steroid dienone is 2. The number of hydrogen-bond acceptors (Lipinski definition) is 13. The standard InChI is InChI=1S/C45H66O13/c1-7-9-11-13-15-20-34(46)53-29(3)30-19-17-18-22-35(47)54-31-25-32-45(28-52-45)43(31,6)44(24-23-41(4)37(57-41)38(44)56-32)27-51-40(49)39-42(5,58-39)33(26-50-30)55-36(48)21-16-14-12-10-8-2/h17-19,22,29-33,37-39H,7-16,20-21,23-28H2,1-6H3. The van der Waals surface area contributed by atoms with Crippen LogP contribution in [0, 0.1) is 10.8 Å². The Morgan fingerprint density at radius 2 is 1.53 bits per heavy atom. The van der Waals surface area contributed by atoms with E-state index < -0.39 is 76.6 Å². The highest BCUT2D eigenvalue weighted by atomic mass is 16.7. The van der Waals surface area contributed by atoms with Gasteiger partial charge in [0.05, 0.1) is 36.4 Å². The first kappa shape index (κ1) is 43.3. The van der Waals surface area contributed by atoms with E-state index in [0.29, 0.717) is 25.9 Å². The molecular formula is C45H66O13. The predicted molar refractivity (Wildman–Crippen MR) is 209 cm³/mol. The number of unbranched alkanes of at least 4 members (excludes halogenated alkanes) is 8. The van der Waals surface area contributed by atoms with Crippen molar-refractivity contribution in [2.24, 2.45) is 10.8 Å². The molecule has 13 heteroatoms. The number of cyclic esters (lactones) is 1. The monoisotopic (exact) mass is 814 g/mol. The molecule has 2 aliphatic carbocycles. The minimum Gasteiger partial charge on any atom is -0.463 e. The lowest BCUT2D eigenvalue weighted by molar-refractivity contribution is -0.251. The van der Waals surface area contributed by atoms with Gasteiger partial charge in [-0.3, -0.25) is 9.59 Å². The zero-order valence-corrected chi connectivity index (χ0v) is 35.5. The first-order valence-electron chi connectivity index (χ1n) is 22.1. The first-order chi connectivity index (χ1) is 27.8. The SMILES string of the molecule is CCCCCCCC(=O)OC(C)C1C=CC=CC(=O)OC2CC3OC4C5OC5(C)CCC4(COC(=O)C4OC4(C)C(OC(=O)CCCCCCC)CO1)C2(C)C31CO1. The summed E-state index contributed by atoms with van der Waals surface area (Å²) in [5, 5.41) is 0. The van der Waals surface area contributed by atoms with Crippen molar-refractivity contribution >= 4 is 23.9 Å². The van der Waals surface area contributed by atoms with E-state index >= 15 is 0 Å². The third-order valence-electron chi connectivity index (χ3n) is 14.6. The second kappa shape index (κ2) is 17.3. The lowest BCUT2D eigenvalue weighted by atomic mass is 9.50. The van der Waals surface area contributed by atoms with Crippen molar-refractivity contribution in [3.05, 3.63) is 24.3 Å². The molecule has 58 heavy (non-hydrogen) atoms. The summed E-state index contributed by atoms with van der Waals surface area (Å²) in [6.07, 6.45) is 13.3. The summed E-state index contributed by atoms with van der Waals surface area (Å²) >= 11 is 0. The Hall–Kier alpha value is -2.84. The second-order valence-electron chi connectivity index (χ2n) is 18.4. The number of rotatable bonds is 15. The molecule has 5 heterocycles. The third-order valence-corrected chi connectivity index (χ3v) is 14.6. The van der Waals surface area contributed by atoms with Gasteiger partial charge < -0.3 is 42.6 Å². The maximum atomic E-state index is 14.1. The lowest BCUT2D eigenvalue weighted by Gasteiger charge is -2.58. The molecule has 13 nitrogen and oxygen atoms in total. The minimum atomic E-state index is -1.24. The van der Waals surface area contributed by atoms with Crippen LogP contribution in [0.2, 0.25) is 0 Å². The Balaban J connectivity index is 1.14. The third kappa shape index (κ3) is 8.16. The van der Waals surface area contributed by atoms with E-state index in [4.69, 9.17) is 42.6 Å². The van der Waals surface area contributed by atoms with Crippen LogP contribution in [0.1, 0.15) is 138 Å². The average Bonchev–Trinajstić information content (AvgIpc) is 4.12. The Bertz CT molecular complexity index is 1590. The molecule has 7 rings (SSSR count). The van der Waals surface area contributed by atoms with Crippen LogP contribution in [-0.4, -0.2) is 109 Å². The molecule has 324 valence electrons. The van der Waals surface area contributed by atoms with Crippen molar-refractivity contribution in [1.29, 1.82) is 0 Å². The van der Waals surface area contributed by atoms with Gasteiger partial charge in [0.15, 0.2) is 12.2 Å². The molecule has 0 aromatic heterocycles. The summed E-state index contributed by atoms with van der Waals surface area (Å²) in [7, 11) is 0. The average molecular weight is 815 g/mol. The van der Waals surface area contributed by atoms with Gasteiger partial charge in [-0.25, -0.2) is 9.59 Å². The summed E-state index contributed by atoms with van der Waals surface area (Å²) in [6, 6.07) is 0. The van der Waals surface area contributed by atoms with Gasteiger partial charge in [-0.2, -0.15) is 0 Å². The topological polar surface area (TPSA) is 161 Å². The molecule has 13 unspecified atom stereocenters. The van der Waals surface area contributed by atoms with E-state index in [0.717, 1.165) is 64.2 Å². The summed E-state index contributed by atoms with van der Waals surface area (Å²) in [6.45, 7) is 12.2. The van der Waals surface area contributed by atoms with E-state index in [1.807, 2.05) is 0 Å². The van der Waals surface area contributed by atoms with Crippen LogP contribution in [0.25, 0.3) is 0 Å². The van der Waals surface area contributed by atoms with Crippen molar-refractivity contribution in [2.75, 3.05) is 19.8 Å². The molecular weight excluding hydrogens is 748 g/mol. The van der Waals surface area contributed by atoms with Crippen molar-refractivity contribution in [3.8, 4) is 0 Å². The number of epoxide rings is 3. The Labute approximate surface area is 343 Å². The van der Waals surface area contributed by atoms with E-state index in [2.05, 4.69) is 27.7 Å². The fourth-order valence-electron chi connectivity index (χ4n) is 10.5. The van der Waals surface area contributed by atoms with Gasteiger partial charge in [-0.15, -0.1) is 0 Å². The zero-order chi connectivity index (χ0) is 41.3. The van der Waals surface area contributed by atoms with Gasteiger partial charge in [0.2, 0.25) is 0 Å².